The van der Waals surface area contributed by atoms with E-state index in [4.69, 9.17) is 0 Å². The van der Waals surface area contributed by atoms with Crippen LogP contribution in [0.4, 0.5) is 0 Å². The molecule has 0 fully saturated rings. The Morgan fingerprint density at radius 1 is 1.00 bits per heavy atom. The van der Waals surface area contributed by atoms with Crippen molar-refractivity contribution in [2.45, 2.75) is 53.1 Å². The minimum absolute atomic E-state index is 0.365. The van der Waals surface area contributed by atoms with E-state index in [2.05, 4.69) is 39.0 Å². The summed E-state index contributed by atoms with van der Waals surface area (Å²) in [7, 11) is -4.17. The molecule has 2 aliphatic carbocycles. The molecule has 4 heteroatoms. The van der Waals surface area contributed by atoms with Crippen molar-refractivity contribution in [1.29, 1.82) is 0 Å². The number of rotatable bonds is 3. The van der Waals surface area contributed by atoms with Crippen molar-refractivity contribution in [3.05, 3.63) is 46.0 Å². The van der Waals surface area contributed by atoms with Gasteiger partial charge in [-0.3, -0.25) is 4.57 Å². The lowest BCUT2D eigenvalue weighted by atomic mass is 9.99. The molecule has 3 nitrogen and oxygen atoms in total. The van der Waals surface area contributed by atoms with Crippen molar-refractivity contribution in [3.63, 3.8) is 0 Å². The van der Waals surface area contributed by atoms with E-state index in [-0.39, 0.29) is 0 Å². The van der Waals surface area contributed by atoms with Crippen LogP contribution in [0.5, 0.6) is 0 Å². The molecule has 0 aliphatic heterocycles. The standard InChI is InChI=1S/C18H25O3P/c1-10(2)15-8-7-11(3)17-12(4)13(5)18(16(17)9-15)14(6)22(19,20)21/h7-10,14H,1-6H3,(H2,19,20,21). The van der Waals surface area contributed by atoms with E-state index in [1.807, 2.05) is 13.8 Å². The summed E-state index contributed by atoms with van der Waals surface area (Å²) in [5, 5.41) is 0. The monoisotopic (exact) mass is 320 g/mol. The lowest BCUT2D eigenvalue weighted by Gasteiger charge is -2.16. The van der Waals surface area contributed by atoms with Crippen molar-refractivity contribution in [2.24, 2.45) is 0 Å². The summed E-state index contributed by atoms with van der Waals surface area (Å²) in [4.78, 5) is 19.3. The molecular formula is C18H25O3P. The number of hydrogen-bond donors (Lipinski definition) is 2. The largest absolute Gasteiger partial charge is 0.332 e. The summed E-state index contributed by atoms with van der Waals surface area (Å²) in [5.41, 5.74) is 6.56. The Morgan fingerprint density at radius 2 is 1.59 bits per heavy atom. The maximum Gasteiger partial charge on any atom is 0.332 e. The van der Waals surface area contributed by atoms with E-state index >= 15 is 0 Å². The quantitative estimate of drug-likeness (QED) is 0.775. The fraction of sp³-hybridized carbons (Fsp3) is 0.444. The van der Waals surface area contributed by atoms with Crippen molar-refractivity contribution in [3.8, 4) is 11.1 Å². The molecule has 0 heterocycles. The van der Waals surface area contributed by atoms with Crippen molar-refractivity contribution in [2.75, 3.05) is 0 Å². The van der Waals surface area contributed by atoms with Crippen LogP contribution in [0.3, 0.4) is 0 Å². The Labute approximate surface area is 132 Å². The zero-order valence-corrected chi connectivity index (χ0v) is 15.0. The number of aryl methyl sites for hydroxylation is 1. The van der Waals surface area contributed by atoms with Crippen LogP contribution >= 0.6 is 7.60 Å². The van der Waals surface area contributed by atoms with Gasteiger partial charge in [0.05, 0.1) is 5.66 Å². The maximum absolute atomic E-state index is 11.8. The van der Waals surface area contributed by atoms with Crippen LogP contribution in [0.1, 0.15) is 60.2 Å². The van der Waals surface area contributed by atoms with Crippen LogP contribution in [0, 0.1) is 20.8 Å². The Morgan fingerprint density at radius 3 is 2.09 bits per heavy atom. The third-order valence-corrected chi connectivity index (χ3v) is 5.99. The van der Waals surface area contributed by atoms with Gasteiger partial charge in [-0.15, -0.1) is 0 Å². The molecule has 0 amide bonds. The van der Waals surface area contributed by atoms with E-state index in [1.54, 1.807) is 6.92 Å². The average Bonchev–Trinajstić information content (AvgIpc) is 2.54. The topological polar surface area (TPSA) is 57.5 Å². The van der Waals surface area contributed by atoms with Crippen molar-refractivity contribution >= 4 is 7.60 Å². The highest BCUT2D eigenvalue weighted by Gasteiger charge is 2.32. The fourth-order valence-corrected chi connectivity index (χ4v) is 3.84. The SMILES string of the molecule is Cc1ccc(C(C)C)cc2c(C(C)P(=O)(O)O)c(C)c(C)c1-2. The first-order valence-corrected chi connectivity index (χ1v) is 9.32. The molecule has 0 bridgehead atoms. The Hall–Kier alpha value is -1.15. The van der Waals surface area contributed by atoms with Crippen LogP contribution in [-0.2, 0) is 4.57 Å². The van der Waals surface area contributed by atoms with Gasteiger partial charge in [-0.25, -0.2) is 0 Å². The molecule has 0 spiro atoms. The Bertz CT molecular complexity index is 728. The first kappa shape index (κ1) is 17.2. The van der Waals surface area contributed by atoms with E-state index in [0.717, 1.165) is 33.4 Å². The Balaban J connectivity index is 2.88. The van der Waals surface area contributed by atoms with Gasteiger partial charge in [0, 0.05) is 0 Å². The summed E-state index contributed by atoms with van der Waals surface area (Å²) >= 11 is 0. The molecule has 1 unspecified atom stereocenters. The summed E-state index contributed by atoms with van der Waals surface area (Å²) < 4.78 is 11.8. The first-order valence-electron chi connectivity index (χ1n) is 7.64. The van der Waals surface area contributed by atoms with Crippen molar-refractivity contribution < 1.29 is 14.4 Å². The normalized spacial score (nSPS) is 13.9. The van der Waals surface area contributed by atoms with Crippen LogP contribution in [0.25, 0.3) is 11.1 Å². The first-order chi connectivity index (χ1) is 10.1. The van der Waals surface area contributed by atoms with Gasteiger partial charge >= 0.3 is 7.60 Å². The smallest absolute Gasteiger partial charge is 0.324 e. The summed E-state index contributed by atoms with van der Waals surface area (Å²) in [5.74, 6) is 0.365. The average molecular weight is 320 g/mol. The molecule has 0 saturated carbocycles. The minimum atomic E-state index is -4.17. The van der Waals surface area contributed by atoms with Crippen LogP contribution in [-0.4, -0.2) is 9.79 Å². The van der Waals surface area contributed by atoms with Crippen LogP contribution in [0.15, 0.2) is 18.2 Å². The van der Waals surface area contributed by atoms with Gasteiger partial charge in [-0.1, -0.05) is 32.0 Å². The predicted octanol–water partition coefficient (Wildman–Crippen LogP) is 5.08. The summed E-state index contributed by atoms with van der Waals surface area (Å²) in [6.07, 6.45) is 0. The minimum Gasteiger partial charge on any atom is -0.324 e. The lowest BCUT2D eigenvalue weighted by molar-refractivity contribution is 0.361. The van der Waals surface area contributed by atoms with Gasteiger partial charge in [0.1, 0.15) is 0 Å². The zero-order chi connectivity index (χ0) is 16.8. The van der Waals surface area contributed by atoms with Crippen molar-refractivity contribution in [1.82, 2.24) is 0 Å². The number of hydrogen-bond acceptors (Lipinski definition) is 1. The van der Waals surface area contributed by atoms with Gasteiger partial charge in [0.25, 0.3) is 0 Å². The Kier molecular flexibility index (Phi) is 4.54. The summed E-state index contributed by atoms with van der Waals surface area (Å²) in [6, 6.07) is 6.32. The van der Waals surface area contributed by atoms with E-state index in [0.29, 0.717) is 5.92 Å². The van der Waals surface area contributed by atoms with Gasteiger partial charge in [0.2, 0.25) is 0 Å². The molecule has 0 aromatic carbocycles. The van der Waals surface area contributed by atoms with E-state index in [9.17, 15) is 14.4 Å². The lowest BCUT2D eigenvalue weighted by Crippen LogP contribution is -1.97. The van der Waals surface area contributed by atoms with E-state index < -0.39 is 13.3 Å². The fourth-order valence-electron chi connectivity index (χ4n) is 3.17. The predicted molar refractivity (Wildman–Crippen MR) is 91.8 cm³/mol. The van der Waals surface area contributed by atoms with Crippen LogP contribution in [0.2, 0.25) is 0 Å². The number of fused-ring (bicyclic) bond motifs is 1. The second kappa shape index (κ2) is 5.81. The van der Waals surface area contributed by atoms with Crippen LogP contribution < -0.4 is 0 Å². The second-order valence-corrected chi connectivity index (χ2v) is 8.49. The third-order valence-electron chi connectivity index (χ3n) is 4.72. The molecule has 1 atom stereocenters. The third kappa shape index (κ3) is 2.86. The molecule has 0 aromatic rings. The van der Waals surface area contributed by atoms with Gasteiger partial charge in [-0.05, 0) is 72.6 Å². The molecular weight excluding hydrogens is 295 g/mol. The molecule has 2 N–H and O–H groups in total. The second-order valence-electron chi connectivity index (χ2n) is 6.53. The molecule has 22 heavy (non-hydrogen) atoms. The molecule has 0 radical (unpaired) electrons. The molecule has 2 aliphatic rings. The molecule has 2 rings (SSSR count). The van der Waals surface area contributed by atoms with Gasteiger partial charge in [0.15, 0.2) is 0 Å². The molecule has 120 valence electrons. The maximum atomic E-state index is 11.8. The highest BCUT2D eigenvalue weighted by atomic mass is 31.2. The van der Waals surface area contributed by atoms with Gasteiger partial charge in [-0.2, -0.15) is 0 Å². The zero-order valence-electron chi connectivity index (χ0n) is 14.1. The van der Waals surface area contributed by atoms with E-state index in [1.165, 1.54) is 5.56 Å². The molecule has 0 aromatic heterocycles. The molecule has 0 saturated heterocycles. The highest BCUT2D eigenvalue weighted by molar-refractivity contribution is 7.52. The summed E-state index contributed by atoms with van der Waals surface area (Å²) in [6.45, 7) is 11.9. The highest BCUT2D eigenvalue weighted by Crippen LogP contribution is 2.56. The van der Waals surface area contributed by atoms with Gasteiger partial charge < -0.3 is 9.79 Å².